The fourth-order valence-corrected chi connectivity index (χ4v) is 0.357. The number of carbonyl (C=O) groups is 1. The van der Waals surface area contributed by atoms with E-state index in [2.05, 4.69) is 10.3 Å². The van der Waals surface area contributed by atoms with Crippen LogP contribution in [-0.2, 0) is 9.63 Å². The van der Waals surface area contributed by atoms with Crippen LogP contribution in [0.15, 0.2) is 0 Å². The first-order chi connectivity index (χ1) is 5.24. The maximum absolute atomic E-state index is 10.1. The predicted octanol–water partition coefficient (Wildman–Crippen LogP) is -1.20. The van der Waals surface area contributed by atoms with Gasteiger partial charge in [-0.2, -0.15) is 5.48 Å². The molecule has 0 saturated carbocycles. The number of nitrogens with one attached hydrogen (secondary N) is 1. The minimum atomic E-state index is -0.941. The van der Waals surface area contributed by atoms with Crippen molar-refractivity contribution in [3.8, 4) is 0 Å². The molecule has 0 aliphatic heterocycles. The van der Waals surface area contributed by atoms with Crippen molar-refractivity contribution in [3.05, 3.63) is 0 Å². The summed E-state index contributed by atoms with van der Waals surface area (Å²) in [5.41, 5.74) is 2.20. The summed E-state index contributed by atoms with van der Waals surface area (Å²) in [6.45, 7) is 1.38. The van der Waals surface area contributed by atoms with Crippen molar-refractivity contribution in [2.24, 2.45) is 0 Å². The summed E-state index contributed by atoms with van der Waals surface area (Å²) in [5.74, 6) is 0. The molecule has 0 aliphatic carbocycles. The molecule has 3 N–H and O–H groups in total. The molecule has 66 valence electrons. The van der Waals surface area contributed by atoms with Gasteiger partial charge in [-0.15, -0.1) is 0 Å². The van der Waals surface area contributed by atoms with Crippen LogP contribution >= 0.6 is 0 Å². The minimum Gasteiger partial charge on any atom is -0.394 e. The van der Waals surface area contributed by atoms with Gasteiger partial charge in [-0.25, -0.2) is 0 Å². The molecule has 0 aliphatic rings. The van der Waals surface area contributed by atoms with Crippen molar-refractivity contribution in [2.75, 3.05) is 6.61 Å². The summed E-state index contributed by atoms with van der Waals surface area (Å²) in [7, 11) is 0. The van der Waals surface area contributed by atoms with Gasteiger partial charge in [0.25, 0.3) is 0 Å². The average Bonchev–Trinajstić information content (AvgIpc) is 2.06. The van der Waals surface area contributed by atoms with E-state index in [-0.39, 0.29) is 6.61 Å². The van der Waals surface area contributed by atoms with Gasteiger partial charge >= 0.3 is 0 Å². The van der Waals surface area contributed by atoms with Crippen LogP contribution in [0.4, 0.5) is 0 Å². The SMILES string of the molecule is CCC(O)ON[C@H](C=O)CO. The number of hydrogen-bond acceptors (Lipinski definition) is 5. The molecule has 1 unspecified atom stereocenters. The molecule has 0 aromatic carbocycles. The lowest BCUT2D eigenvalue weighted by atomic mass is 10.4. The number of rotatable bonds is 6. The Morgan fingerprint density at radius 2 is 2.36 bits per heavy atom. The van der Waals surface area contributed by atoms with Gasteiger partial charge in [0.1, 0.15) is 12.3 Å². The lowest BCUT2D eigenvalue weighted by Crippen LogP contribution is -2.36. The second kappa shape index (κ2) is 6.23. The first kappa shape index (κ1) is 10.5. The predicted molar refractivity (Wildman–Crippen MR) is 37.5 cm³/mol. The highest BCUT2D eigenvalue weighted by atomic mass is 16.7. The van der Waals surface area contributed by atoms with Crippen LogP contribution in [0.5, 0.6) is 0 Å². The third-order valence-electron chi connectivity index (χ3n) is 1.07. The molecular weight excluding hydrogens is 150 g/mol. The number of aliphatic hydroxyl groups is 2. The van der Waals surface area contributed by atoms with E-state index in [1.165, 1.54) is 0 Å². The van der Waals surface area contributed by atoms with Crippen molar-refractivity contribution in [2.45, 2.75) is 25.7 Å². The molecule has 0 aromatic rings. The Morgan fingerprint density at radius 3 is 2.73 bits per heavy atom. The zero-order valence-corrected chi connectivity index (χ0v) is 6.36. The molecule has 2 atom stereocenters. The van der Waals surface area contributed by atoms with Crippen LogP contribution in [0.25, 0.3) is 0 Å². The fraction of sp³-hybridized carbons (Fsp3) is 0.833. The van der Waals surface area contributed by atoms with Crippen molar-refractivity contribution in [3.63, 3.8) is 0 Å². The van der Waals surface area contributed by atoms with E-state index < -0.39 is 12.3 Å². The second-order valence-electron chi connectivity index (χ2n) is 2.02. The lowest BCUT2D eigenvalue weighted by Gasteiger charge is -2.12. The van der Waals surface area contributed by atoms with Crippen LogP contribution in [-0.4, -0.2) is 35.4 Å². The van der Waals surface area contributed by atoms with Crippen LogP contribution in [0.1, 0.15) is 13.3 Å². The fourth-order valence-electron chi connectivity index (χ4n) is 0.357. The van der Waals surface area contributed by atoms with Gasteiger partial charge < -0.3 is 15.0 Å². The van der Waals surface area contributed by atoms with E-state index in [1.807, 2.05) is 0 Å². The van der Waals surface area contributed by atoms with Crippen molar-refractivity contribution >= 4 is 6.29 Å². The maximum Gasteiger partial charge on any atom is 0.174 e. The van der Waals surface area contributed by atoms with Gasteiger partial charge in [0.15, 0.2) is 6.29 Å². The van der Waals surface area contributed by atoms with E-state index in [4.69, 9.17) is 10.2 Å². The monoisotopic (exact) mass is 163 g/mol. The minimum absolute atomic E-state index is 0.347. The molecule has 0 spiro atoms. The first-order valence-corrected chi connectivity index (χ1v) is 3.40. The highest BCUT2D eigenvalue weighted by molar-refractivity contribution is 5.57. The number of hydrogen-bond donors (Lipinski definition) is 3. The zero-order valence-electron chi connectivity index (χ0n) is 6.36. The highest BCUT2D eigenvalue weighted by Crippen LogP contribution is 1.89. The smallest absolute Gasteiger partial charge is 0.174 e. The van der Waals surface area contributed by atoms with Crippen molar-refractivity contribution in [1.82, 2.24) is 5.48 Å². The van der Waals surface area contributed by atoms with E-state index in [1.54, 1.807) is 6.92 Å². The van der Waals surface area contributed by atoms with Crippen molar-refractivity contribution in [1.29, 1.82) is 0 Å². The highest BCUT2D eigenvalue weighted by Gasteiger charge is 2.06. The molecular formula is C6H13NO4. The topological polar surface area (TPSA) is 78.8 Å². The van der Waals surface area contributed by atoms with Gasteiger partial charge in [-0.1, -0.05) is 6.92 Å². The summed E-state index contributed by atoms with van der Waals surface area (Å²) in [6.07, 6.45) is -0.0177. The molecule has 0 radical (unpaired) electrons. The average molecular weight is 163 g/mol. The van der Waals surface area contributed by atoms with Crippen LogP contribution in [0.3, 0.4) is 0 Å². The molecule has 0 aromatic heterocycles. The number of carbonyl (C=O) groups excluding carboxylic acids is 1. The second-order valence-corrected chi connectivity index (χ2v) is 2.02. The Kier molecular flexibility index (Phi) is 5.96. The lowest BCUT2D eigenvalue weighted by molar-refractivity contribution is -0.161. The third kappa shape index (κ3) is 4.86. The zero-order chi connectivity index (χ0) is 8.69. The summed E-state index contributed by atoms with van der Waals surface area (Å²) < 4.78 is 0. The Bertz CT molecular complexity index is 109. The van der Waals surface area contributed by atoms with Gasteiger partial charge in [-0.3, -0.25) is 4.84 Å². The van der Waals surface area contributed by atoms with E-state index in [0.29, 0.717) is 12.7 Å². The van der Waals surface area contributed by atoms with Gasteiger partial charge in [0.2, 0.25) is 0 Å². The summed E-state index contributed by atoms with van der Waals surface area (Å²) in [6, 6.07) is -0.767. The first-order valence-electron chi connectivity index (χ1n) is 3.40. The van der Waals surface area contributed by atoms with Crippen LogP contribution < -0.4 is 5.48 Å². The summed E-state index contributed by atoms with van der Waals surface area (Å²) >= 11 is 0. The summed E-state index contributed by atoms with van der Waals surface area (Å²) in [5, 5.41) is 17.3. The van der Waals surface area contributed by atoms with Crippen LogP contribution in [0.2, 0.25) is 0 Å². The molecule has 0 saturated heterocycles. The molecule has 0 rings (SSSR count). The Hall–Kier alpha value is -0.490. The molecule has 0 fully saturated rings. The Labute approximate surface area is 64.9 Å². The van der Waals surface area contributed by atoms with E-state index >= 15 is 0 Å². The number of aliphatic hydroxyl groups excluding tert-OH is 2. The maximum atomic E-state index is 10.1. The largest absolute Gasteiger partial charge is 0.394 e. The third-order valence-corrected chi connectivity index (χ3v) is 1.07. The van der Waals surface area contributed by atoms with E-state index in [9.17, 15) is 4.79 Å². The number of aldehydes is 1. The van der Waals surface area contributed by atoms with E-state index in [0.717, 1.165) is 0 Å². The van der Waals surface area contributed by atoms with Gasteiger partial charge in [0.05, 0.1) is 6.61 Å². The Morgan fingerprint density at radius 1 is 1.73 bits per heavy atom. The molecule has 11 heavy (non-hydrogen) atoms. The molecule has 0 bridgehead atoms. The van der Waals surface area contributed by atoms with Crippen LogP contribution in [0, 0.1) is 0 Å². The molecule has 5 nitrogen and oxygen atoms in total. The number of hydroxylamine groups is 1. The quantitative estimate of drug-likeness (QED) is 0.260. The van der Waals surface area contributed by atoms with Gasteiger partial charge in [0, 0.05) is 0 Å². The van der Waals surface area contributed by atoms with Crippen molar-refractivity contribution < 1.29 is 19.8 Å². The normalized spacial score (nSPS) is 15.9. The molecule has 0 amide bonds. The Balaban J connectivity index is 3.41. The molecule has 0 heterocycles. The molecule has 5 heteroatoms. The summed E-state index contributed by atoms with van der Waals surface area (Å²) in [4.78, 5) is 14.6. The standard InChI is InChI=1S/C6H13NO4/c1-2-6(10)11-7-5(3-8)4-9/h3,5-7,9-10H,2,4H2,1H3/t5-,6?/m1/s1. The van der Waals surface area contributed by atoms with Gasteiger partial charge in [-0.05, 0) is 6.42 Å².